The summed E-state index contributed by atoms with van der Waals surface area (Å²) in [6, 6.07) is 15.6. The predicted molar refractivity (Wildman–Crippen MR) is 94.1 cm³/mol. The average Bonchev–Trinajstić information content (AvgIpc) is 3.14. The molecular weight excluding hydrogens is 316 g/mol. The number of hydrogen-bond donors (Lipinski definition) is 1. The highest BCUT2D eigenvalue weighted by molar-refractivity contribution is 5.77. The van der Waals surface area contributed by atoms with Gasteiger partial charge in [-0.2, -0.15) is 5.10 Å². The number of nitrogens with one attached hydrogen (secondary N) is 1. The number of ether oxygens (including phenoxy) is 1. The zero-order valence-electron chi connectivity index (χ0n) is 14.1. The molecule has 25 heavy (non-hydrogen) atoms. The molecule has 6 nitrogen and oxygen atoms in total. The fraction of sp³-hybridized carbons (Fsp3) is 0.211. The van der Waals surface area contributed by atoms with Crippen molar-refractivity contribution in [2.24, 2.45) is 0 Å². The molecule has 1 amide bonds. The molecule has 0 saturated carbocycles. The van der Waals surface area contributed by atoms with Crippen molar-refractivity contribution in [3.05, 3.63) is 77.9 Å². The maximum atomic E-state index is 11.9. The Morgan fingerprint density at radius 3 is 2.48 bits per heavy atom. The molecule has 0 saturated heterocycles. The summed E-state index contributed by atoms with van der Waals surface area (Å²) in [7, 11) is 0. The molecule has 0 unspecified atom stereocenters. The summed E-state index contributed by atoms with van der Waals surface area (Å²) in [5.74, 6) is 0.547. The molecule has 0 fully saturated rings. The second kappa shape index (κ2) is 8.10. The molecule has 0 aliphatic carbocycles. The standard InChI is InChI=1S/C19H20N4O2/c1-15-2-8-18(9-3-15)25-12-19(24)21-10-16-4-6-17(7-5-16)11-23-14-20-13-22-23/h2-9,13-14H,10-12H2,1H3,(H,21,24). The number of carbonyl (C=O) groups excluding carboxylic acids is 1. The van der Waals surface area contributed by atoms with Crippen LogP contribution in [-0.4, -0.2) is 27.3 Å². The van der Waals surface area contributed by atoms with Crippen molar-refractivity contribution in [3.63, 3.8) is 0 Å². The molecule has 1 heterocycles. The van der Waals surface area contributed by atoms with Gasteiger partial charge in [0.15, 0.2) is 6.61 Å². The molecule has 0 atom stereocenters. The third-order valence-electron chi connectivity index (χ3n) is 3.71. The number of carbonyl (C=O) groups is 1. The van der Waals surface area contributed by atoms with Crippen LogP contribution < -0.4 is 10.1 Å². The predicted octanol–water partition coefficient (Wildman–Crippen LogP) is 2.33. The third-order valence-corrected chi connectivity index (χ3v) is 3.71. The summed E-state index contributed by atoms with van der Waals surface area (Å²) in [4.78, 5) is 15.8. The van der Waals surface area contributed by atoms with E-state index in [0.29, 0.717) is 18.8 Å². The zero-order valence-corrected chi connectivity index (χ0v) is 14.1. The molecule has 3 aromatic rings. The minimum absolute atomic E-state index is 0.00738. The SMILES string of the molecule is Cc1ccc(OCC(=O)NCc2ccc(Cn3cncn3)cc2)cc1. The van der Waals surface area contributed by atoms with Crippen LogP contribution in [-0.2, 0) is 17.9 Å². The Morgan fingerprint density at radius 2 is 1.80 bits per heavy atom. The Hall–Kier alpha value is -3.15. The van der Waals surface area contributed by atoms with Crippen LogP contribution in [0.15, 0.2) is 61.2 Å². The Morgan fingerprint density at radius 1 is 1.08 bits per heavy atom. The van der Waals surface area contributed by atoms with E-state index in [2.05, 4.69) is 15.4 Å². The summed E-state index contributed by atoms with van der Waals surface area (Å²) in [5, 5.41) is 6.93. The molecule has 0 spiro atoms. The van der Waals surface area contributed by atoms with E-state index in [1.165, 1.54) is 6.33 Å². The van der Waals surface area contributed by atoms with Gasteiger partial charge in [-0.3, -0.25) is 4.79 Å². The minimum atomic E-state index is -0.146. The zero-order chi connectivity index (χ0) is 17.5. The van der Waals surface area contributed by atoms with Crippen molar-refractivity contribution in [3.8, 4) is 5.75 Å². The number of aryl methyl sites for hydroxylation is 1. The number of amides is 1. The lowest BCUT2D eigenvalue weighted by molar-refractivity contribution is -0.123. The molecule has 128 valence electrons. The minimum Gasteiger partial charge on any atom is -0.484 e. The van der Waals surface area contributed by atoms with E-state index in [0.717, 1.165) is 16.7 Å². The van der Waals surface area contributed by atoms with Gasteiger partial charge in [0.05, 0.1) is 6.54 Å². The summed E-state index contributed by atoms with van der Waals surface area (Å²) >= 11 is 0. The van der Waals surface area contributed by atoms with Gasteiger partial charge in [-0.15, -0.1) is 0 Å². The number of aromatic nitrogens is 3. The number of nitrogens with zero attached hydrogens (tertiary/aromatic N) is 3. The first-order valence-corrected chi connectivity index (χ1v) is 8.05. The van der Waals surface area contributed by atoms with Crippen LogP contribution in [0.1, 0.15) is 16.7 Å². The molecule has 0 aliphatic rings. The number of hydrogen-bond acceptors (Lipinski definition) is 4. The molecule has 0 radical (unpaired) electrons. The fourth-order valence-corrected chi connectivity index (χ4v) is 2.30. The highest BCUT2D eigenvalue weighted by Gasteiger charge is 2.03. The van der Waals surface area contributed by atoms with E-state index in [1.807, 2.05) is 55.5 Å². The quantitative estimate of drug-likeness (QED) is 0.719. The summed E-state index contributed by atoms with van der Waals surface area (Å²) in [6.45, 7) is 3.16. The highest BCUT2D eigenvalue weighted by atomic mass is 16.5. The van der Waals surface area contributed by atoms with Crippen molar-refractivity contribution in [1.82, 2.24) is 20.1 Å². The molecule has 1 aromatic heterocycles. The van der Waals surface area contributed by atoms with Crippen LogP contribution in [0, 0.1) is 6.92 Å². The van der Waals surface area contributed by atoms with Crippen molar-refractivity contribution in [2.45, 2.75) is 20.0 Å². The van der Waals surface area contributed by atoms with E-state index in [9.17, 15) is 4.79 Å². The van der Waals surface area contributed by atoms with Gasteiger partial charge < -0.3 is 10.1 Å². The number of benzene rings is 2. The monoisotopic (exact) mass is 336 g/mol. The van der Waals surface area contributed by atoms with Crippen LogP contribution >= 0.6 is 0 Å². The molecular formula is C19H20N4O2. The van der Waals surface area contributed by atoms with Crippen LogP contribution in [0.4, 0.5) is 0 Å². The van der Waals surface area contributed by atoms with Crippen molar-refractivity contribution in [2.75, 3.05) is 6.61 Å². The Kier molecular flexibility index (Phi) is 5.41. The lowest BCUT2D eigenvalue weighted by Gasteiger charge is -2.08. The largest absolute Gasteiger partial charge is 0.484 e. The van der Waals surface area contributed by atoms with Crippen molar-refractivity contribution < 1.29 is 9.53 Å². The van der Waals surface area contributed by atoms with Crippen LogP contribution in [0.25, 0.3) is 0 Å². The lowest BCUT2D eigenvalue weighted by atomic mass is 10.1. The van der Waals surface area contributed by atoms with Gasteiger partial charge in [-0.05, 0) is 30.2 Å². The molecule has 3 rings (SSSR count). The normalized spacial score (nSPS) is 10.4. The molecule has 2 aromatic carbocycles. The van der Waals surface area contributed by atoms with E-state index in [1.54, 1.807) is 11.0 Å². The second-order valence-corrected chi connectivity index (χ2v) is 5.79. The first-order chi connectivity index (χ1) is 12.2. The summed E-state index contributed by atoms with van der Waals surface area (Å²) < 4.78 is 7.22. The molecule has 6 heteroatoms. The maximum absolute atomic E-state index is 11.9. The molecule has 0 aliphatic heterocycles. The Labute approximate surface area is 146 Å². The van der Waals surface area contributed by atoms with Crippen LogP contribution in [0.3, 0.4) is 0 Å². The van der Waals surface area contributed by atoms with Gasteiger partial charge in [-0.25, -0.2) is 9.67 Å². The second-order valence-electron chi connectivity index (χ2n) is 5.79. The van der Waals surface area contributed by atoms with E-state index in [-0.39, 0.29) is 12.5 Å². The van der Waals surface area contributed by atoms with E-state index < -0.39 is 0 Å². The Balaban J connectivity index is 1.43. The highest BCUT2D eigenvalue weighted by Crippen LogP contribution is 2.11. The first kappa shape index (κ1) is 16.7. The third kappa shape index (κ3) is 5.17. The van der Waals surface area contributed by atoms with Gasteiger partial charge in [0.25, 0.3) is 5.91 Å². The van der Waals surface area contributed by atoms with Gasteiger partial charge in [0.1, 0.15) is 18.4 Å². The fourth-order valence-electron chi connectivity index (χ4n) is 2.30. The summed E-state index contributed by atoms with van der Waals surface area (Å²) in [6.07, 6.45) is 3.20. The first-order valence-electron chi connectivity index (χ1n) is 8.05. The van der Waals surface area contributed by atoms with Gasteiger partial charge in [0.2, 0.25) is 0 Å². The Bertz CT molecular complexity index is 796. The van der Waals surface area contributed by atoms with E-state index in [4.69, 9.17) is 4.74 Å². The molecule has 0 bridgehead atoms. The number of rotatable bonds is 7. The lowest BCUT2D eigenvalue weighted by Crippen LogP contribution is -2.28. The van der Waals surface area contributed by atoms with Crippen molar-refractivity contribution in [1.29, 1.82) is 0 Å². The van der Waals surface area contributed by atoms with Crippen molar-refractivity contribution >= 4 is 5.91 Å². The van der Waals surface area contributed by atoms with Crippen LogP contribution in [0.2, 0.25) is 0 Å². The smallest absolute Gasteiger partial charge is 0.258 e. The van der Waals surface area contributed by atoms with Crippen LogP contribution in [0.5, 0.6) is 5.75 Å². The maximum Gasteiger partial charge on any atom is 0.258 e. The van der Waals surface area contributed by atoms with Gasteiger partial charge in [-0.1, -0.05) is 42.0 Å². The van der Waals surface area contributed by atoms with E-state index >= 15 is 0 Å². The molecule has 1 N–H and O–H groups in total. The van der Waals surface area contributed by atoms with Gasteiger partial charge >= 0.3 is 0 Å². The summed E-state index contributed by atoms with van der Waals surface area (Å²) in [5.41, 5.74) is 3.32. The van der Waals surface area contributed by atoms with Gasteiger partial charge in [0, 0.05) is 6.54 Å². The average molecular weight is 336 g/mol. The topological polar surface area (TPSA) is 69.0 Å².